The van der Waals surface area contributed by atoms with Crippen LogP contribution in [0.15, 0.2) is 22.7 Å². The molecule has 0 saturated carbocycles. The van der Waals surface area contributed by atoms with Crippen molar-refractivity contribution in [3.8, 4) is 0 Å². The minimum absolute atomic E-state index is 0.0873. The number of hydrogen-bond donors (Lipinski definition) is 3. The van der Waals surface area contributed by atoms with Crippen LogP contribution in [0.1, 0.15) is 12.0 Å². The number of likely N-dealkylation sites (N-methyl/N-ethyl adjacent to an activating group) is 1. The van der Waals surface area contributed by atoms with Crippen molar-refractivity contribution in [2.75, 3.05) is 25.5 Å². The van der Waals surface area contributed by atoms with Crippen LogP contribution in [-0.2, 0) is 9.59 Å². The number of aryl methyl sites for hydroxylation is 1. The van der Waals surface area contributed by atoms with Gasteiger partial charge in [-0.2, -0.15) is 0 Å². The molecule has 0 heterocycles. The Hall–Kier alpha value is -1.93. The second kappa shape index (κ2) is 8.50. The van der Waals surface area contributed by atoms with Crippen molar-refractivity contribution in [3.63, 3.8) is 0 Å². The molecule has 1 rings (SSSR count). The Morgan fingerprint density at radius 2 is 1.95 bits per heavy atom. The van der Waals surface area contributed by atoms with Crippen LogP contribution in [0.4, 0.5) is 10.5 Å². The van der Waals surface area contributed by atoms with E-state index >= 15 is 0 Å². The lowest BCUT2D eigenvalue weighted by molar-refractivity contribution is -0.121. The van der Waals surface area contributed by atoms with Gasteiger partial charge in [-0.25, -0.2) is 4.79 Å². The van der Waals surface area contributed by atoms with Gasteiger partial charge in [0.05, 0.1) is 6.54 Å². The number of nitrogens with two attached hydrogens (primary N) is 1. The van der Waals surface area contributed by atoms with E-state index in [9.17, 15) is 14.4 Å². The molecule has 8 heteroatoms. The highest BCUT2D eigenvalue weighted by Gasteiger charge is 2.11. The second-order valence-corrected chi connectivity index (χ2v) is 5.82. The Bertz CT molecular complexity index is 577. The van der Waals surface area contributed by atoms with Crippen LogP contribution in [0.2, 0.25) is 0 Å². The lowest BCUT2D eigenvalue weighted by Gasteiger charge is -2.16. The average Bonchev–Trinajstić information content (AvgIpc) is 2.39. The van der Waals surface area contributed by atoms with E-state index in [-0.39, 0.29) is 18.9 Å². The number of carbonyl (C=O) groups is 3. The van der Waals surface area contributed by atoms with Gasteiger partial charge in [0.25, 0.3) is 0 Å². The Labute approximate surface area is 137 Å². The highest BCUT2D eigenvalue weighted by molar-refractivity contribution is 9.10. The zero-order valence-corrected chi connectivity index (χ0v) is 14.1. The fraction of sp³-hybridized carbons (Fsp3) is 0.357. The predicted molar refractivity (Wildman–Crippen MR) is 87.3 cm³/mol. The summed E-state index contributed by atoms with van der Waals surface area (Å²) in [5, 5.41) is 4.78. The van der Waals surface area contributed by atoms with Crippen molar-refractivity contribution in [2.45, 2.75) is 13.3 Å². The first-order valence-electron chi connectivity index (χ1n) is 6.61. The fourth-order valence-electron chi connectivity index (χ4n) is 1.77. The number of primary amides is 1. The standard InChI is InChI=1S/C14H19BrN4O3/c1-9-7-10(15)3-4-11(9)17-13(21)8-19(2)6-5-12(20)18-14(16)22/h3-4,7H,5-6,8H2,1-2H3,(H,17,21)(H3,16,18,20,22). The molecule has 0 saturated heterocycles. The molecule has 120 valence electrons. The summed E-state index contributed by atoms with van der Waals surface area (Å²) in [6, 6.07) is 4.70. The van der Waals surface area contributed by atoms with Crippen LogP contribution in [0.25, 0.3) is 0 Å². The lowest BCUT2D eigenvalue weighted by Crippen LogP contribution is -2.38. The molecule has 0 unspecified atom stereocenters. The van der Waals surface area contributed by atoms with Gasteiger partial charge in [0.1, 0.15) is 0 Å². The zero-order chi connectivity index (χ0) is 16.7. The number of hydrogen-bond acceptors (Lipinski definition) is 4. The summed E-state index contributed by atoms with van der Waals surface area (Å²) >= 11 is 3.36. The molecule has 22 heavy (non-hydrogen) atoms. The molecule has 4 N–H and O–H groups in total. The summed E-state index contributed by atoms with van der Waals surface area (Å²) in [6.07, 6.45) is 0.0873. The first kappa shape index (κ1) is 18.1. The third-order valence-electron chi connectivity index (χ3n) is 2.86. The number of nitrogens with one attached hydrogen (secondary N) is 2. The Kier molecular flexibility index (Phi) is 7.00. The van der Waals surface area contributed by atoms with E-state index in [1.807, 2.05) is 30.4 Å². The lowest BCUT2D eigenvalue weighted by atomic mass is 10.2. The molecule has 7 nitrogen and oxygen atoms in total. The van der Waals surface area contributed by atoms with Gasteiger partial charge >= 0.3 is 6.03 Å². The molecular weight excluding hydrogens is 352 g/mol. The van der Waals surface area contributed by atoms with Gasteiger partial charge in [-0.15, -0.1) is 0 Å². The normalized spacial score (nSPS) is 10.4. The van der Waals surface area contributed by atoms with Crippen LogP contribution >= 0.6 is 15.9 Å². The molecule has 0 aliphatic carbocycles. The van der Waals surface area contributed by atoms with E-state index in [0.29, 0.717) is 6.54 Å². The first-order valence-corrected chi connectivity index (χ1v) is 7.41. The van der Waals surface area contributed by atoms with E-state index in [4.69, 9.17) is 5.73 Å². The Morgan fingerprint density at radius 3 is 2.55 bits per heavy atom. The summed E-state index contributed by atoms with van der Waals surface area (Å²) in [7, 11) is 1.71. The molecule has 0 aliphatic heterocycles. The van der Waals surface area contributed by atoms with Crippen molar-refractivity contribution >= 4 is 39.5 Å². The van der Waals surface area contributed by atoms with E-state index in [1.165, 1.54) is 0 Å². The largest absolute Gasteiger partial charge is 0.351 e. The summed E-state index contributed by atoms with van der Waals surface area (Å²) < 4.78 is 0.945. The quantitative estimate of drug-likeness (QED) is 0.699. The highest BCUT2D eigenvalue weighted by atomic mass is 79.9. The molecule has 1 aromatic rings. The number of amides is 4. The first-order chi connectivity index (χ1) is 10.3. The van der Waals surface area contributed by atoms with Gasteiger partial charge in [-0.1, -0.05) is 15.9 Å². The smallest absolute Gasteiger partial charge is 0.318 e. The van der Waals surface area contributed by atoms with Crippen molar-refractivity contribution in [1.82, 2.24) is 10.2 Å². The highest BCUT2D eigenvalue weighted by Crippen LogP contribution is 2.19. The maximum Gasteiger partial charge on any atom is 0.318 e. The minimum Gasteiger partial charge on any atom is -0.351 e. The number of halogens is 1. The number of anilines is 1. The molecule has 0 radical (unpaired) electrons. The van der Waals surface area contributed by atoms with Crippen molar-refractivity contribution in [3.05, 3.63) is 28.2 Å². The summed E-state index contributed by atoms with van der Waals surface area (Å²) in [5.74, 6) is -0.647. The zero-order valence-electron chi connectivity index (χ0n) is 12.5. The van der Waals surface area contributed by atoms with E-state index < -0.39 is 11.9 Å². The number of benzene rings is 1. The topological polar surface area (TPSA) is 105 Å². The number of imide groups is 1. The van der Waals surface area contributed by atoms with Crippen molar-refractivity contribution in [2.24, 2.45) is 5.73 Å². The van der Waals surface area contributed by atoms with Crippen LogP contribution in [-0.4, -0.2) is 42.9 Å². The van der Waals surface area contributed by atoms with Crippen LogP contribution in [0, 0.1) is 6.92 Å². The van der Waals surface area contributed by atoms with Gasteiger partial charge in [-0.05, 0) is 37.7 Å². The molecule has 0 spiro atoms. The second-order valence-electron chi connectivity index (χ2n) is 4.91. The number of carbonyl (C=O) groups excluding carboxylic acids is 3. The monoisotopic (exact) mass is 370 g/mol. The molecule has 0 aromatic heterocycles. The number of urea groups is 1. The predicted octanol–water partition coefficient (Wildman–Crippen LogP) is 1.21. The maximum atomic E-state index is 11.9. The molecule has 1 aromatic carbocycles. The van der Waals surface area contributed by atoms with Gasteiger partial charge in [0.15, 0.2) is 0 Å². The summed E-state index contributed by atoms with van der Waals surface area (Å²) in [6.45, 7) is 2.38. The average molecular weight is 371 g/mol. The van der Waals surface area contributed by atoms with Crippen molar-refractivity contribution < 1.29 is 14.4 Å². The molecule has 4 amide bonds. The summed E-state index contributed by atoms with van der Waals surface area (Å²) in [5.41, 5.74) is 6.53. The molecule has 0 aliphatic rings. The molecular formula is C14H19BrN4O3. The third kappa shape index (κ3) is 6.68. The van der Waals surface area contributed by atoms with E-state index in [1.54, 1.807) is 11.9 Å². The van der Waals surface area contributed by atoms with E-state index in [0.717, 1.165) is 15.7 Å². The third-order valence-corrected chi connectivity index (χ3v) is 3.35. The molecule has 0 bridgehead atoms. The van der Waals surface area contributed by atoms with Gasteiger partial charge in [0, 0.05) is 23.1 Å². The van der Waals surface area contributed by atoms with Gasteiger partial charge in [0.2, 0.25) is 11.8 Å². The summed E-state index contributed by atoms with van der Waals surface area (Å²) in [4.78, 5) is 35.4. The van der Waals surface area contributed by atoms with Crippen LogP contribution in [0.5, 0.6) is 0 Å². The Morgan fingerprint density at radius 1 is 1.27 bits per heavy atom. The van der Waals surface area contributed by atoms with Crippen molar-refractivity contribution in [1.29, 1.82) is 0 Å². The van der Waals surface area contributed by atoms with E-state index in [2.05, 4.69) is 21.2 Å². The number of nitrogens with zero attached hydrogens (tertiary/aromatic N) is 1. The van der Waals surface area contributed by atoms with Gasteiger partial charge < -0.3 is 11.1 Å². The van der Waals surface area contributed by atoms with Gasteiger partial charge in [-0.3, -0.25) is 19.8 Å². The molecule has 0 atom stereocenters. The minimum atomic E-state index is -0.879. The van der Waals surface area contributed by atoms with Crippen LogP contribution in [0.3, 0.4) is 0 Å². The van der Waals surface area contributed by atoms with Crippen LogP contribution < -0.4 is 16.4 Å². The number of rotatable bonds is 6. The maximum absolute atomic E-state index is 11.9. The molecule has 0 fully saturated rings. The Balaban J connectivity index is 2.41. The fourth-order valence-corrected chi connectivity index (χ4v) is 2.25. The SMILES string of the molecule is Cc1cc(Br)ccc1NC(=O)CN(C)CCC(=O)NC(N)=O.